The van der Waals surface area contributed by atoms with Crippen LogP contribution in [-0.4, -0.2) is 0 Å². The quantitative estimate of drug-likeness (QED) is 0.453. The van der Waals surface area contributed by atoms with E-state index in [1.165, 1.54) is 0 Å². The summed E-state index contributed by atoms with van der Waals surface area (Å²) in [5.74, 6) is 0. The van der Waals surface area contributed by atoms with Crippen molar-refractivity contribution in [2.24, 2.45) is 0 Å². The minimum absolute atomic E-state index is 0.183. The summed E-state index contributed by atoms with van der Waals surface area (Å²) in [5, 5.41) is 1.68. The van der Waals surface area contributed by atoms with Crippen LogP contribution in [0.2, 0.25) is 20.1 Å². The van der Waals surface area contributed by atoms with E-state index in [2.05, 4.69) is 0 Å². The summed E-state index contributed by atoms with van der Waals surface area (Å²) in [6.07, 6.45) is 0. The van der Waals surface area contributed by atoms with Crippen LogP contribution in [0.3, 0.4) is 0 Å². The summed E-state index contributed by atoms with van der Waals surface area (Å²) in [5.41, 5.74) is 0. The van der Waals surface area contributed by atoms with Gasteiger partial charge in [-0.05, 0) is 0 Å². The second-order valence-corrected chi connectivity index (χ2v) is 6.47. The van der Waals surface area contributed by atoms with Crippen molar-refractivity contribution >= 4 is 95.3 Å². The van der Waals surface area contributed by atoms with Crippen LogP contribution in [0.5, 0.6) is 0 Å². The molecule has 18 heavy (non-hydrogen) atoms. The Morgan fingerprint density at radius 2 is 0.611 bits per heavy atom. The molecule has 2 rings (SSSR count). The molecule has 2 aliphatic carbocycles. The lowest BCUT2D eigenvalue weighted by Gasteiger charge is -2.03. The zero-order valence-corrected chi connectivity index (χ0v) is 14.4. The fourth-order valence-corrected chi connectivity index (χ4v) is 3.83. The predicted octanol–water partition coefficient (Wildman–Crippen LogP) is 6.82. The fourth-order valence-electron chi connectivity index (χ4n) is 1.50. The molecular formula is C10Cl4S4. The molecular weight excluding hydrogens is 390 g/mol. The zero-order valence-electron chi connectivity index (χ0n) is 8.14. The van der Waals surface area contributed by atoms with E-state index in [0.717, 1.165) is 0 Å². The van der Waals surface area contributed by atoms with E-state index in [1.54, 1.807) is 0 Å². The molecule has 0 amide bonds. The molecule has 0 atom stereocenters. The van der Waals surface area contributed by atoms with E-state index in [1.807, 2.05) is 0 Å². The van der Waals surface area contributed by atoms with Crippen LogP contribution in [0.25, 0.3) is 0 Å². The van der Waals surface area contributed by atoms with Gasteiger partial charge in [0.2, 0.25) is 0 Å². The normalized spacial score (nSPS) is 11.1. The van der Waals surface area contributed by atoms with Crippen LogP contribution in [0.4, 0.5) is 0 Å². The van der Waals surface area contributed by atoms with Gasteiger partial charge < -0.3 is 0 Å². The molecule has 0 heterocycles. The Morgan fingerprint density at radius 3 is 0.778 bits per heavy atom. The standard InChI is InChI=1S/C10Cl4S4/c11-3-5(13)9(17)2-1(7(3)15)8(16)4(12)6(14)10(2)18. The molecule has 8 heteroatoms. The van der Waals surface area contributed by atoms with Crippen molar-refractivity contribution < 1.29 is 0 Å². The molecule has 0 unspecified atom stereocenters. The maximum absolute atomic E-state index is 6.02. The van der Waals surface area contributed by atoms with Crippen LogP contribution in [0.15, 0.2) is 0 Å². The molecule has 0 radical (unpaired) electrons. The van der Waals surface area contributed by atoms with Crippen molar-refractivity contribution in [1.82, 2.24) is 0 Å². The smallest absolute Gasteiger partial charge is 0.0794 e. The molecule has 0 fully saturated rings. The van der Waals surface area contributed by atoms with Crippen molar-refractivity contribution in [2.45, 2.75) is 0 Å². The van der Waals surface area contributed by atoms with Crippen molar-refractivity contribution in [2.75, 3.05) is 0 Å². The third kappa shape index (κ3) is 2.07. The largest absolute Gasteiger partial charge is 0.0810 e. The van der Waals surface area contributed by atoms with E-state index in [0.29, 0.717) is 28.5 Å². The van der Waals surface area contributed by atoms with Crippen molar-refractivity contribution in [1.29, 1.82) is 0 Å². The van der Waals surface area contributed by atoms with Gasteiger partial charge in [-0.25, -0.2) is 0 Å². The van der Waals surface area contributed by atoms with Crippen LogP contribution in [0, 0.1) is 28.5 Å². The number of hydrogen-bond acceptors (Lipinski definition) is 4. The average molecular weight is 390 g/mol. The van der Waals surface area contributed by atoms with E-state index in [4.69, 9.17) is 95.3 Å². The monoisotopic (exact) mass is 388 g/mol. The molecule has 0 aromatic rings. The second-order valence-electron chi connectivity index (χ2n) is 3.32. The van der Waals surface area contributed by atoms with Crippen LogP contribution in [-0.2, 0) is 0 Å². The lowest BCUT2D eigenvalue weighted by molar-refractivity contribution is 1.40. The Labute approximate surface area is 142 Å². The number of halogens is 4. The molecule has 0 N–H and O–H groups in total. The van der Waals surface area contributed by atoms with Gasteiger partial charge in [0.05, 0.1) is 38.1 Å². The fraction of sp³-hybridized carbons (Fsp3) is 0. The van der Waals surface area contributed by atoms with Gasteiger partial charge in [-0.2, -0.15) is 0 Å². The Hall–Kier alpha value is 0.740. The maximum Gasteiger partial charge on any atom is 0.0794 e. The minimum atomic E-state index is 0.183. The third-order valence-electron chi connectivity index (χ3n) is 2.34. The Balaban J connectivity index is 3.58. The van der Waals surface area contributed by atoms with E-state index in [9.17, 15) is 0 Å². The summed E-state index contributed by atoms with van der Waals surface area (Å²) in [4.78, 5) is 0. The topological polar surface area (TPSA) is 0 Å². The van der Waals surface area contributed by atoms with Crippen LogP contribution in [0.1, 0.15) is 0 Å². The van der Waals surface area contributed by atoms with E-state index < -0.39 is 0 Å². The highest BCUT2D eigenvalue weighted by Gasteiger charge is 2.13. The van der Waals surface area contributed by atoms with Gasteiger partial charge in [-0.1, -0.05) is 95.3 Å². The SMILES string of the molecule is S=c1c(Cl)c(Cl)c(=S)c2c(=S)c(Cl)c(Cl)c(=S)c1=2. The second kappa shape index (κ2) is 5.26. The van der Waals surface area contributed by atoms with Crippen molar-refractivity contribution in [3.05, 3.63) is 48.6 Å². The molecule has 0 aromatic carbocycles. The van der Waals surface area contributed by atoms with Gasteiger partial charge in [-0.3, -0.25) is 0 Å². The maximum atomic E-state index is 6.02. The van der Waals surface area contributed by atoms with Gasteiger partial charge >= 0.3 is 0 Å². The number of rotatable bonds is 0. The van der Waals surface area contributed by atoms with Crippen LogP contribution < -0.4 is 0 Å². The molecule has 2 aliphatic rings. The molecule has 0 bridgehead atoms. The summed E-state index contributed by atoms with van der Waals surface area (Å²) < 4.78 is 1.17. The van der Waals surface area contributed by atoms with E-state index >= 15 is 0 Å². The molecule has 0 spiro atoms. The van der Waals surface area contributed by atoms with Gasteiger partial charge in [0, 0.05) is 10.4 Å². The first kappa shape index (κ1) is 15.1. The first-order chi connectivity index (χ1) is 8.29. The first-order valence-electron chi connectivity index (χ1n) is 4.32. The highest BCUT2D eigenvalue weighted by atomic mass is 35.5. The summed E-state index contributed by atoms with van der Waals surface area (Å²) in [7, 11) is 0. The molecule has 0 saturated carbocycles. The average Bonchev–Trinajstić information content (AvgIpc) is 2.35. The lowest BCUT2D eigenvalue weighted by Crippen LogP contribution is -1.89. The summed E-state index contributed by atoms with van der Waals surface area (Å²) in [6, 6.07) is 0. The molecule has 92 valence electrons. The first-order valence-corrected chi connectivity index (χ1v) is 7.47. The highest BCUT2D eigenvalue weighted by molar-refractivity contribution is 7.72. The van der Waals surface area contributed by atoms with Crippen molar-refractivity contribution in [3.8, 4) is 0 Å². The summed E-state index contributed by atoms with van der Waals surface area (Å²) in [6.45, 7) is 0. The molecule has 0 saturated heterocycles. The van der Waals surface area contributed by atoms with Gasteiger partial charge in [0.1, 0.15) is 0 Å². The van der Waals surface area contributed by atoms with E-state index in [-0.39, 0.29) is 20.1 Å². The Bertz CT molecular complexity index is 789. The number of hydrogen-bond donors (Lipinski definition) is 0. The van der Waals surface area contributed by atoms with Crippen molar-refractivity contribution in [3.63, 3.8) is 0 Å². The van der Waals surface area contributed by atoms with Gasteiger partial charge in [0.25, 0.3) is 0 Å². The summed E-state index contributed by atoms with van der Waals surface area (Å²) >= 11 is 44.9. The van der Waals surface area contributed by atoms with Gasteiger partial charge in [0.15, 0.2) is 0 Å². The minimum Gasteiger partial charge on any atom is -0.0810 e. The molecule has 0 aromatic heterocycles. The van der Waals surface area contributed by atoms with Gasteiger partial charge in [-0.15, -0.1) is 0 Å². The lowest BCUT2D eigenvalue weighted by atomic mass is 10.2. The molecule has 0 aliphatic heterocycles. The Morgan fingerprint density at radius 1 is 0.444 bits per heavy atom. The third-order valence-corrected chi connectivity index (χ3v) is 6.13. The zero-order chi connectivity index (χ0) is 13.8. The predicted molar refractivity (Wildman–Crippen MR) is 87.5 cm³/mol. The Kier molecular flexibility index (Phi) is 4.42. The van der Waals surface area contributed by atoms with Crippen LogP contribution >= 0.6 is 95.3 Å². The molecule has 0 nitrogen and oxygen atoms in total. The highest BCUT2D eigenvalue weighted by Crippen LogP contribution is 2.32.